The van der Waals surface area contributed by atoms with Gasteiger partial charge in [0.15, 0.2) is 0 Å². The molecular weight excluding hydrogens is 309 g/mol. The van der Waals surface area contributed by atoms with Crippen molar-refractivity contribution < 1.29 is 4.79 Å². The van der Waals surface area contributed by atoms with Crippen molar-refractivity contribution in [2.75, 3.05) is 11.1 Å². The fourth-order valence-corrected chi connectivity index (χ4v) is 2.59. The van der Waals surface area contributed by atoms with E-state index >= 15 is 0 Å². The van der Waals surface area contributed by atoms with E-state index in [1.165, 1.54) is 0 Å². The second kappa shape index (κ2) is 5.31. The molecule has 0 aliphatic carbocycles. The summed E-state index contributed by atoms with van der Waals surface area (Å²) in [5, 5.41) is 4.33. The highest BCUT2D eigenvalue weighted by Gasteiger charge is 2.14. The van der Waals surface area contributed by atoms with Crippen molar-refractivity contribution in [3.8, 4) is 0 Å². The van der Waals surface area contributed by atoms with E-state index < -0.39 is 0 Å². The Labute approximate surface area is 130 Å². The Hall–Kier alpha value is -2.17. The molecule has 0 saturated carbocycles. The number of nitrogens with two attached hydrogens (primary N) is 1. The molecule has 0 aliphatic rings. The number of rotatable bonds is 2. The standard InChI is InChI=1S/C15H11Cl2N3O/c16-9-4-2-5-10(17)14(9)20-15(21)12-7-8-3-1-6-11(18)13(8)19-12/h1-7,19H,18H2,(H,20,21). The highest BCUT2D eigenvalue weighted by atomic mass is 35.5. The lowest BCUT2D eigenvalue weighted by Gasteiger charge is -2.07. The number of hydrogen-bond acceptors (Lipinski definition) is 2. The molecule has 21 heavy (non-hydrogen) atoms. The molecule has 0 aliphatic heterocycles. The van der Waals surface area contributed by atoms with Gasteiger partial charge in [0.2, 0.25) is 0 Å². The van der Waals surface area contributed by atoms with E-state index in [0.717, 1.165) is 10.9 Å². The Morgan fingerprint density at radius 3 is 2.43 bits per heavy atom. The normalized spacial score (nSPS) is 10.8. The monoisotopic (exact) mass is 319 g/mol. The number of carbonyl (C=O) groups excluding carboxylic acids is 1. The molecule has 4 N–H and O–H groups in total. The number of para-hydroxylation sites is 2. The predicted octanol–water partition coefficient (Wildman–Crippen LogP) is 4.31. The van der Waals surface area contributed by atoms with Gasteiger partial charge >= 0.3 is 0 Å². The van der Waals surface area contributed by atoms with Crippen LogP contribution in [0.5, 0.6) is 0 Å². The van der Waals surface area contributed by atoms with Crippen LogP contribution in [0, 0.1) is 0 Å². The first kappa shape index (κ1) is 13.8. The van der Waals surface area contributed by atoms with Crippen LogP contribution in [-0.2, 0) is 0 Å². The summed E-state index contributed by atoms with van der Waals surface area (Å²) < 4.78 is 0. The molecule has 2 aromatic carbocycles. The second-order valence-corrected chi connectivity index (χ2v) is 5.36. The van der Waals surface area contributed by atoms with Gasteiger partial charge in [-0.15, -0.1) is 0 Å². The van der Waals surface area contributed by atoms with Crippen molar-refractivity contribution in [3.05, 3.63) is 58.2 Å². The summed E-state index contributed by atoms with van der Waals surface area (Å²) in [6, 6.07) is 12.2. The number of carbonyl (C=O) groups is 1. The number of fused-ring (bicyclic) bond motifs is 1. The van der Waals surface area contributed by atoms with E-state index in [1.54, 1.807) is 30.3 Å². The van der Waals surface area contributed by atoms with E-state index in [4.69, 9.17) is 28.9 Å². The average molecular weight is 320 g/mol. The summed E-state index contributed by atoms with van der Waals surface area (Å²) in [6.07, 6.45) is 0. The van der Waals surface area contributed by atoms with Gasteiger partial charge in [-0.25, -0.2) is 0 Å². The lowest BCUT2D eigenvalue weighted by molar-refractivity contribution is 0.102. The van der Waals surface area contributed by atoms with Crippen LogP contribution in [0.25, 0.3) is 10.9 Å². The van der Waals surface area contributed by atoms with Crippen LogP contribution in [0.4, 0.5) is 11.4 Å². The fourth-order valence-electron chi connectivity index (χ4n) is 2.10. The van der Waals surface area contributed by atoms with Gasteiger partial charge in [-0.1, -0.05) is 41.4 Å². The zero-order valence-electron chi connectivity index (χ0n) is 10.8. The number of nitrogens with one attached hydrogen (secondary N) is 2. The molecule has 1 heterocycles. The maximum atomic E-state index is 12.3. The minimum absolute atomic E-state index is 0.333. The van der Waals surface area contributed by atoms with Gasteiger partial charge in [0.1, 0.15) is 5.69 Å². The molecule has 1 amide bonds. The first-order valence-corrected chi connectivity index (χ1v) is 6.94. The number of aromatic amines is 1. The van der Waals surface area contributed by atoms with Crippen LogP contribution in [0.3, 0.4) is 0 Å². The van der Waals surface area contributed by atoms with Gasteiger partial charge in [-0.2, -0.15) is 0 Å². The molecule has 0 spiro atoms. The molecule has 0 bridgehead atoms. The number of benzene rings is 2. The Morgan fingerprint density at radius 2 is 1.76 bits per heavy atom. The van der Waals surface area contributed by atoms with E-state index in [1.807, 2.05) is 12.1 Å². The maximum Gasteiger partial charge on any atom is 0.272 e. The van der Waals surface area contributed by atoms with Crippen molar-refractivity contribution in [2.24, 2.45) is 0 Å². The van der Waals surface area contributed by atoms with Gasteiger partial charge in [0.25, 0.3) is 5.91 Å². The van der Waals surface area contributed by atoms with Crippen molar-refractivity contribution in [3.63, 3.8) is 0 Å². The summed E-state index contributed by atoms with van der Waals surface area (Å²) >= 11 is 12.1. The van der Waals surface area contributed by atoms with Crippen molar-refractivity contribution >= 4 is 51.4 Å². The quantitative estimate of drug-likeness (QED) is 0.616. The smallest absolute Gasteiger partial charge is 0.272 e. The summed E-state index contributed by atoms with van der Waals surface area (Å²) in [5.41, 5.74) is 7.95. The Bertz CT molecular complexity index is 822. The van der Waals surface area contributed by atoms with E-state index in [-0.39, 0.29) is 5.91 Å². The Kier molecular flexibility index (Phi) is 3.49. The van der Waals surface area contributed by atoms with Gasteiger partial charge in [-0.3, -0.25) is 4.79 Å². The predicted molar refractivity (Wildman–Crippen MR) is 87.1 cm³/mol. The first-order valence-electron chi connectivity index (χ1n) is 6.19. The third-order valence-corrected chi connectivity index (χ3v) is 3.76. The van der Waals surface area contributed by atoms with E-state index in [0.29, 0.717) is 27.1 Å². The van der Waals surface area contributed by atoms with Crippen molar-refractivity contribution in [1.29, 1.82) is 0 Å². The molecule has 0 saturated heterocycles. The Morgan fingerprint density at radius 1 is 1.10 bits per heavy atom. The maximum absolute atomic E-state index is 12.3. The average Bonchev–Trinajstić information content (AvgIpc) is 2.88. The SMILES string of the molecule is Nc1cccc2cc(C(=O)Nc3c(Cl)cccc3Cl)[nH]c12. The zero-order valence-corrected chi connectivity index (χ0v) is 12.3. The number of amides is 1. The number of H-pyrrole nitrogens is 1. The van der Waals surface area contributed by atoms with Crippen LogP contribution in [0.15, 0.2) is 42.5 Å². The number of anilines is 2. The molecule has 0 fully saturated rings. The molecule has 106 valence electrons. The number of halogens is 2. The lowest BCUT2D eigenvalue weighted by atomic mass is 10.2. The number of hydrogen-bond donors (Lipinski definition) is 3. The molecule has 1 aromatic heterocycles. The summed E-state index contributed by atoms with van der Waals surface area (Å²) in [6.45, 7) is 0. The van der Waals surface area contributed by atoms with Crippen molar-refractivity contribution in [1.82, 2.24) is 4.98 Å². The molecule has 3 rings (SSSR count). The van der Waals surface area contributed by atoms with Crippen LogP contribution in [0.2, 0.25) is 10.0 Å². The molecule has 4 nitrogen and oxygen atoms in total. The zero-order chi connectivity index (χ0) is 15.0. The summed E-state index contributed by atoms with van der Waals surface area (Å²) in [7, 11) is 0. The minimum Gasteiger partial charge on any atom is -0.397 e. The Balaban J connectivity index is 1.96. The molecule has 0 atom stereocenters. The second-order valence-electron chi connectivity index (χ2n) is 4.55. The third-order valence-electron chi connectivity index (χ3n) is 3.13. The van der Waals surface area contributed by atoms with Gasteiger partial charge in [0.05, 0.1) is 26.9 Å². The molecular formula is C15H11Cl2N3O. The molecule has 0 radical (unpaired) electrons. The van der Waals surface area contributed by atoms with Gasteiger partial charge in [0, 0.05) is 5.39 Å². The van der Waals surface area contributed by atoms with Crippen LogP contribution < -0.4 is 11.1 Å². The highest BCUT2D eigenvalue weighted by molar-refractivity contribution is 6.40. The number of nitrogen functional groups attached to an aromatic ring is 1. The third kappa shape index (κ3) is 2.55. The van der Waals surface area contributed by atoms with Gasteiger partial charge in [-0.05, 0) is 24.3 Å². The fraction of sp³-hybridized carbons (Fsp3) is 0. The first-order chi connectivity index (χ1) is 10.1. The van der Waals surface area contributed by atoms with Crippen LogP contribution in [-0.4, -0.2) is 10.9 Å². The topological polar surface area (TPSA) is 70.9 Å². The number of aromatic nitrogens is 1. The van der Waals surface area contributed by atoms with Crippen molar-refractivity contribution in [2.45, 2.75) is 0 Å². The lowest BCUT2D eigenvalue weighted by Crippen LogP contribution is -2.12. The summed E-state index contributed by atoms with van der Waals surface area (Å²) in [4.78, 5) is 15.3. The van der Waals surface area contributed by atoms with E-state index in [2.05, 4.69) is 10.3 Å². The molecule has 6 heteroatoms. The highest BCUT2D eigenvalue weighted by Crippen LogP contribution is 2.30. The van der Waals surface area contributed by atoms with Crippen LogP contribution in [0.1, 0.15) is 10.5 Å². The van der Waals surface area contributed by atoms with Gasteiger partial charge < -0.3 is 16.0 Å². The summed E-state index contributed by atoms with van der Waals surface area (Å²) in [5.74, 6) is -0.333. The molecule has 0 unspecified atom stereocenters. The van der Waals surface area contributed by atoms with Crippen LogP contribution >= 0.6 is 23.2 Å². The van der Waals surface area contributed by atoms with E-state index in [9.17, 15) is 4.79 Å². The minimum atomic E-state index is -0.333. The largest absolute Gasteiger partial charge is 0.397 e. The molecule has 3 aromatic rings.